The molecule has 0 bridgehead atoms. The molecule has 2 heterocycles. The van der Waals surface area contributed by atoms with Crippen molar-refractivity contribution in [3.05, 3.63) is 76.8 Å². The van der Waals surface area contributed by atoms with Crippen LogP contribution in [0.3, 0.4) is 0 Å². The fourth-order valence-electron chi connectivity index (χ4n) is 2.02. The first-order valence-corrected chi connectivity index (χ1v) is 7.49. The number of rotatable bonds is 5. The highest BCUT2D eigenvalue weighted by molar-refractivity contribution is 9.10. The van der Waals surface area contributed by atoms with Gasteiger partial charge in [0.2, 0.25) is 0 Å². The quantitative estimate of drug-likeness (QED) is 0.768. The molecule has 0 aliphatic carbocycles. The van der Waals surface area contributed by atoms with Crippen molar-refractivity contribution >= 4 is 21.6 Å². The number of aromatic nitrogens is 3. The minimum Gasteiger partial charge on any atom is -0.377 e. The summed E-state index contributed by atoms with van der Waals surface area (Å²) in [5, 5.41) is 7.69. The van der Waals surface area contributed by atoms with Gasteiger partial charge in [-0.15, -0.1) is 0 Å². The van der Waals surface area contributed by atoms with Crippen LogP contribution in [0.15, 0.2) is 65.5 Å². The predicted octanol–water partition coefficient (Wildman–Crippen LogP) is 3.70. The van der Waals surface area contributed by atoms with Gasteiger partial charge in [0.25, 0.3) is 0 Å². The van der Waals surface area contributed by atoms with Crippen LogP contribution in [0.2, 0.25) is 0 Å². The van der Waals surface area contributed by atoms with Gasteiger partial charge in [0.05, 0.1) is 30.7 Å². The van der Waals surface area contributed by atoms with Crippen molar-refractivity contribution in [2.45, 2.75) is 13.1 Å². The normalized spacial score (nSPS) is 10.5. The molecular formula is C16H15BrN4. The number of hydrogen-bond acceptors (Lipinski definition) is 3. The third kappa shape index (κ3) is 3.92. The van der Waals surface area contributed by atoms with Crippen LogP contribution in [0.5, 0.6) is 0 Å². The zero-order valence-corrected chi connectivity index (χ0v) is 13.0. The highest BCUT2D eigenvalue weighted by atomic mass is 79.9. The standard InChI is InChI=1S/C16H15BrN4/c17-14-6-7-15(18-8-14)9-19-16-10-20-21(12-16)11-13-4-2-1-3-5-13/h1-8,10,12,19H,9,11H2. The maximum Gasteiger partial charge on any atom is 0.0729 e. The third-order valence-corrected chi connectivity index (χ3v) is 3.55. The molecule has 0 radical (unpaired) electrons. The number of halogens is 1. The van der Waals surface area contributed by atoms with Crippen LogP contribution in [0.25, 0.3) is 0 Å². The summed E-state index contributed by atoms with van der Waals surface area (Å²) in [6, 6.07) is 14.3. The second-order valence-corrected chi connectivity index (χ2v) is 5.65. The Labute approximate surface area is 132 Å². The lowest BCUT2D eigenvalue weighted by Gasteiger charge is -2.03. The Kier molecular flexibility index (Phi) is 4.31. The smallest absolute Gasteiger partial charge is 0.0729 e. The Hall–Kier alpha value is -2.14. The van der Waals surface area contributed by atoms with Crippen molar-refractivity contribution in [1.82, 2.24) is 14.8 Å². The second kappa shape index (κ2) is 6.54. The summed E-state index contributed by atoms with van der Waals surface area (Å²) in [6.07, 6.45) is 5.64. The highest BCUT2D eigenvalue weighted by Gasteiger charge is 2.00. The van der Waals surface area contributed by atoms with Crippen molar-refractivity contribution < 1.29 is 0 Å². The zero-order chi connectivity index (χ0) is 14.5. The lowest BCUT2D eigenvalue weighted by Crippen LogP contribution is -2.01. The summed E-state index contributed by atoms with van der Waals surface area (Å²) in [4.78, 5) is 4.33. The van der Waals surface area contributed by atoms with Gasteiger partial charge in [0.1, 0.15) is 0 Å². The Morgan fingerprint density at radius 3 is 2.67 bits per heavy atom. The zero-order valence-electron chi connectivity index (χ0n) is 11.4. The average molecular weight is 343 g/mol. The van der Waals surface area contributed by atoms with E-state index in [0.717, 1.165) is 22.4 Å². The van der Waals surface area contributed by atoms with E-state index in [0.29, 0.717) is 6.54 Å². The highest BCUT2D eigenvalue weighted by Crippen LogP contribution is 2.11. The van der Waals surface area contributed by atoms with Crippen molar-refractivity contribution in [1.29, 1.82) is 0 Å². The van der Waals surface area contributed by atoms with E-state index in [1.54, 1.807) is 6.20 Å². The first-order chi connectivity index (χ1) is 10.3. The molecule has 0 saturated carbocycles. The van der Waals surface area contributed by atoms with Crippen molar-refractivity contribution in [3.8, 4) is 0 Å². The minimum absolute atomic E-state index is 0.685. The van der Waals surface area contributed by atoms with E-state index in [2.05, 4.69) is 43.5 Å². The molecule has 1 aromatic carbocycles. The molecule has 0 aliphatic heterocycles. The Bertz CT molecular complexity index is 692. The van der Waals surface area contributed by atoms with E-state index in [1.807, 2.05) is 47.4 Å². The number of nitrogens with zero attached hydrogens (tertiary/aromatic N) is 3. The summed E-state index contributed by atoms with van der Waals surface area (Å²) < 4.78 is 2.91. The molecule has 0 amide bonds. The lowest BCUT2D eigenvalue weighted by atomic mass is 10.2. The molecule has 0 saturated heterocycles. The monoisotopic (exact) mass is 342 g/mol. The van der Waals surface area contributed by atoms with Crippen molar-refractivity contribution in [3.63, 3.8) is 0 Å². The number of anilines is 1. The van der Waals surface area contributed by atoms with Crippen LogP contribution in [-0.2, 0) is 13.1 Å². The van der Waals surface area contributed by atoms with Crippen LogP contribution in [0, 0.1) is 0 Å². The summed E-state index contributed by atoms with van der Waals surface area (Å²) in [7, 11) is 0. The molecule has 1 N–H and O–H groups in total. The molecule has 0 atom stereocenters. The van der Waals surface area contributed by atoms with Gasteiger partial charge in [-0.25, -0.2) is 0 Å². The molecule has 3 aromatic rings. The Morgan fingerprint density at radius 1 is 1.05 bits per heavy atom. The van der Waals surface area contributed by atoms with Gasteiger partial charge in [-0.3, -0.25) is 9.67 Å². The lowest BCUT2D eigenvalue weighted by molar-refractivity contribution is 0.687. The first kappa shape index (κ1) is 13.8. The van der Waals surface area contributed by atoms with E-state index in [4.69, 9.17) is 0 Å². The third-order valence-electron chi connectivity index (χ3n) is 3.08. The fourth-order valence-corrected chi connectivity index (χ4v) is 2.25. The Morgan fingerprint density at radius 2 is 1.90 bits per heavy atom. The second-order valence-electron chi connectivity index (χ2n) is 4.73. The average Bonchev–Trinajstić information content (AvgIpc) is 2.95. The van der Waals surface area contributed by atoms with Crippen LogP contribution >= 0.6 is 15.9 Å². The van der Waals surface area contributed by atoms with E-state index in [1.165, 1.54) is 5.56 Å². The van der Waals surface area contributed by atoms with E-state index < -0.39 is 0 Å². The van der Waals surface area contributed by atoms with Gasteiger partial charge in [-0.1, -0.05) is 30.3 Å². The van der Waals surface area contributed by atoms with Gasteiger partial charge in [-0.2, -0.15) is 5.10 Å². The molecule has 0 fully saturated rings. The summed E-state index contributed by atoms with van der Waals surface area (Å²) in [5.41, 5.74) is 3.23. The van der Waals surface area contributed by atoms with Crippen LogP contribution in [-0.4, -0.2) is 14.8 Å². The van der Waals surface area contributed by atoms with Gasteiger partial charge < -0.3 is 5.32 Å². The molecule has 4 nitrogen and oxygen atoms in total. The van der Waals surface area contributed by atoms with Crippen molar-refractivity contribution in [2.24, 2.45) is 0 Å². The molecule has 0 unspecified atom stereocenters. The summed E-state index contributed by atoms with van der Waals surface area (Å²) >= 11 is 3.38. The largest absolute Gasteiger partial charge is 0.377 e. The van der Waals surface area contributed by atoms with E-state index >= 15 is 0 Å². The fraction of sp³-hybridized carbons (Fsp3) is 0.125. The van der Waals surface area contributed by atoms with Gasteiger partial charge in [0.15, 0.2) is 0 Å². The van der Waals surface area contributed by atoms with E-state index in [9.17, 15) is 0 Å². The summed E-state index contributed by atoms with van der Waals surface area (Å²) in [5.74, 6) is 0. The van der Waals surface area contributed by atoms with Crippen molar-refractivity contribution in [2.75, 3.05) is 5.32 Å². The summed E-state index contributed by atoms with van der Waals surface area (Å²) in [6.45, 7) is 1.46. The molecule has 21 heavy (non-hydrogen) atoms. The first-order valence-electron chi connectivity index (χ1n) is 6.70. The van der Waals surface area contributed by atoms with Crippen LogP contribution < -0.4 is 5.32 Å². The molecule has 3 rings (SSSR count). The minimum atomic E-state index is 0.685. The molecule has 106 valence electrons. The molecule has 0 spiro atoms. The molecule has 0 aliphatic rings. The van der Waals surface area contributed by atoms with Crippen LogP contribution in [0.1, 0.15) is 11.3 Å². The maximum atomic E-state index is 4.36. The van der Waals surface area contributed by atoms with Gasteiger partial charge in [0, 0.05) is 16.9 Å². The van der Waals surface area contributed by atoms with Gasteiger partial charge >= 0.3 is 0 Å². The number of nitrogens with one attached hydrogen (secondary N) is 1. The van der Waals surface area contributed by atoms with Crippen LogP contribution in [0.4, 0.5) is 5.69 Å². The molecule has 5 heteroatoms. The molecular weight excluding hydrogens is 328 g/mol. The number of hydrogen-bond donors (Lipinski definition) is 1. The topological polar surface area (TPSA) is 42.7 Å². The SMILES string of the molecule is Brc1ccc(CNc2cnn(Cc3ccccc3)c2)nc1. The number of pyridine rings is 1. The number of benzene rings is 1. The Balaban J connectivity index is 1.59. The van der Waals surface area contributed by atoms with Gasteiger partial charge in [-0.05, 0) is 33.6 Å². The predicted molar refractivity (Wildman–Crippen MR) is 87.0 cm³/mol. The van der Waals surface area contributed by atoms with E-state index in [-0.39, 0.29) is 0 Å². The maximum absolute atomic E-state index is 4.36. The molecule has 2 aromatic heterocycles.